The summed E-state index contributed by atoms with van der Waals surface area (Å²) in [6.07, 6.45) is 8.46. The van der Waals surface area contributed by atoms with Gasteiger partial charge in [0.05, 0.1) is 0 Å². The van der Waals surface area contributed by atoms with Crippen LogP contribution in [0.5, 0.6) is 5.75 Å². The highest BCUT2D eigenvalue weighted by Gasteiger charge is 2.31. The lowest BCUT2D eigenvalue weighted by Gasteiger charge is -2.26. The summed E-state index contributed by atoms with van der Waals surface area (Å²) >= 11 is 0. The van der Waals surface area contributed by atoms with Crippen LogP contribution >= 0.6 is 12.4 Å². The van der Waals surface area contributed by atoms with Crippen LogP contribution in [-0.4, -0.2) is 28.9 Å². The van der Waals surface area contributed by atoms with Crippen molar-refractivity contribution in [2.75, 3.05) is 0 Å². The van der Waals surface area contributed by atoms with E-state index in [9.17, 15) is 18.0 Å². The van der Waals surface area contributed by atoms with Gasteiger partial charge >= 0.3 is 6.36 Å². The Balaban J connectivity index is 0.00000370. The first-order valence-electron chi connectivity index (χ1n) is 14.3. The van der Waals surface area contributed by atoms with Crippen molar-refractivity contribution < 1.29 is 22.7 Å². The maximum Gasteiger partial charge on any atom is 0.573 e. The van der Waals surface area contributed by atoms with Crippen LogP contribution < -0.4 is 15.8 Å². The number of rotatable bonds is 8. The third-order valence-electron chi connectivity index (χ3n) is 8.30. The summed E-state index contributed by atoms with van der Waals surface area (Å²) in [4.78, 5) is 12.8. The van der Waals surface area contributed by atoms with Gasteiger partial charge in [0, 0.05) is 42.1 Å². The molecule has 1 aromatic heterocycles. The maximum atomic E-state index is 12.8. The van der Waals surface area contributed by atoms with E-state index in [1.54, 1.807) is 12.1 Å². The van der Waals surface area contributed by atoms with Crippen molar-refractivity contribution in [3.63, 3.8) is 0 Å². The average molecular weight is 578 g/mol. The van der Waals surface area contributed by atoms with Crippen molar-refractivity contribution in [3.8, 4) is 16.9 Å². The second kappa shape index (κ2) is 13.3. The van der Waals surface area contributed by atoms with E-state index >= 15 is 0 Å². The highest BCUT2D eigenvalue weighted by atomic mass is 35.5. The van der Waals surface area contributed by atoms with Gasteiger partial charge in [0.25, 0.3) is 0 Å². The number of ether oxygens (including phenoxy) is 1. The van der Waals surface area contributed by atoms with Crippen molar-refractivity contribution in [1.82, 2.24) is 9.88 Å². The second-order valence-electron chi connectivity index (χ2n) is 11.3. The normalized spacial score (nSPS) is 20.2. The Hall–Kier alpha value is -2.71. The number of halogens is 4. The Morgan fingerprint density at radius 3 is 2.42 bits per heavy atom. The molecule has 2 aromatic carbocycles. The molecule has 0 atom stereocenters. The fourth-order valence-corrected chi connectivity index (χ4v) is 6.23. The SMILES string of the molecule is Cl.NC1CCC(NC(=O)CCc2cn(CC3CCCCC3)c3ccc(-c4cccc(OC(F)(F)F)c4)cc23)CC1. The zero-order valence-electron chi connectivity index (χ0n) is 22.7. The van der Waals surface area contributed by atoms with Gasteiger partial charge in [0.1, 0.15) is 5.75 Å². The summed E-state index contributed by atoms with van der Waals surface area (Å²) in [7, 11) is 0. The van der Waals surface area contributed by atoms with Crippen LogP contribution in [0.3, 0.4) is 0 Å². The molecule has 40 heavy (non-hydrogen) atoms. The van der Waals surface area contributed by atoms with Gasteiger partial charge in [-0.1, -0.05) is 37.5 Å². The minimum absolute atomic E-state index is 0. The molecule has 0 saturated heterocycles. The summed E-state index contributed by atoms with van der Waals surface area (Å²) < 4.78 is 44.8. The van der Waals surface area contributed by atoms with E-state index in [1.807, 2.05) is 12.1 Å². The fraction of sp³-hybridized carbons (Fsp3) is 0.516. The van der Waals surface area contributed by atoms with Crippen LogP contribution in [0.15, 0.2) is 48.7 Å². The predicted octanol–water partition coefficient (Wildman–Crippen LogP) is 7.53. The molecule has 0 radical (unpaired) electrons. The number of benzene rings is 2. The van der Waals surface area contributed by atoms with Crippen LogP contribution in [0, 0.1) is 5.92 Å². The molecule has 0 bridgehead atoms. The summed E-state index contributed by atoms with van der Waals surface area (Å²) in [6, 6.07) is 12.6. The van der Waals surface area contributed by atoms with E-state index < -0.39 is 6.36 Å². The molecule has 218 valence electrons. The first-order chi connectivity index (χ1) is 18.7. The smallest absolute Gasteiger partial charge is 0.406 e. The van der Waals surface area contributed by atoms with Crippen LogP contribution in [0.25, 0.3) is 22.0 Å². The Morgan fingerprint density at radius 2 is 1.70 bits per heavy atom. The quantitative estimate of drug-likeness (QED) is 0.291. The molecule has 1 heterocycles. The lowest BCUT2D eigenvalue weighted by atomic mass is 9.89. The van der Waals surface area contributed by atoms with E-state index in [0.717, 1.165) is 54.3 Å². The Labute approximate surface area is 240 Å². The lowest BCUT2D eigenvalue weighted by molar-refractivity contribution is -0.274. The topological polar surface area (TPSA) is 69.3 Å². The van der Waals surface area contributed by atoms with Crippen molar-refractivity contribution in [2.24, 2.45) is 11.7 Å². The molecular formula is C31H39ClF3N3O2. The zero-order chi connectivity index (χ0) is 27.4. The predicted molar refractivity (Wildman–Crippen MR) is 155 cm³/mol. The number of aryl methyl sites for hydroxylation is 1. The van der Waals surface area contributed by atoms with Gasteiger partial charge in [-0.2, -0.15) is 0 Å². The summed E-state index contributed by atoms with van der Waals surface area (Å²) in [5.74, 6) is 0.450. The molecule has 9 heteroatoms. The number of amides is 1. The molecule has 3 N–H and O–H groups in total. The van der Waals surface area contributed by atoms with Crippen LogP contribution in [0.1, 0.15) is 69.8 Å². The van der Waals surface area contributed by atoms with E-state index in [4.69, 9.17) is 5.73 Å². The molecule has 2 fully saturated rings. The van der Waals surface area contributed by atoms with Gasteiger partial charge in [-0.25, -0.2) is 0 Å². The van der Waals surface area contributed by atoms with Gasteiger partial charge in [-0.05, 0) is 91.8 Å². The first kappa shape index (κ1) is 30.3. The lowest BCUT2D eigenvalue weighted by Crippen LogP contribution is -2.40. The fourth-order valence-electron chi connectivity index (χ4n) is 6.23. The summed E-state index contributed by atoms with van der Waals surface area (Å²) in [5.41, 5.74) is 9.66. The molecule has 2 aliphatic carbocycles. The molecule has 2 saturated carbocycles. The standard InChI is InChI=1S/C31H38F3N3O2.ClH/c32-31(33,34)39-27-8-4-7-22(17-27)23-9-15-29-28(18-23)24(20-37(29)19-21-5-2-1-3-6-21)10-16-30(38)36-26-13-11-25(35)12-14-26;/h4,7-9,15,17-18,20-21,25-26H,1-3,5-6,10-14,16,19,35H2,(H,36,38);1H. The highest BCUT2D eigenvalue weighted by molar-refractivity contribution is 5.89. The number of aromatic nitrogens is 1. The molecule has 1 amide bonds. The van der Waals surface area contributed by atoms with Gasteiger partial charge in [0.2, 0.25) is 5.91 Å². The van der Waals surface area contributed by atoms with Crippen molar-refractivity contribution in [2.45, 2.75) is 95.6 Å². The number of alkyl halides is 3. The third-order valence-corrected chi connectivity index (χ3v) is 8.30. The number of hydrogen-bond acceptors (Lipinski definition) is 3. The van der Waals surface area contributed by atoms with Gasteiger partial charge in [-0.3, -0.25) is 4.79 Å². The highest BCUT2D eigenvalue weighted by Crippen LogP contribution is 2.33. The minimum atomic E-state index is -4.74. The molecule has 5 nitrogen and oxygen atoms in total. The van der Waals surface area contributed by atoms with E-state index in [1.165, 1.54) is 44.2 Å². The minimum Gasteiger partial charge on any atom is -0.406 e. The largest absolute Gasteiger partial charge is 0.573 e. The number of nitrogens with two attached hydrogens (primary N) is 1. The van der Waals surface area contributed by atoms with Crippen molar-refractivity contribution >= 4 is 29.2 Å². The number of carbonyl (C=O) groups is 1. The molecule has 3 aromatic rings. The summed E-state index contributed by atoms with van der Waals surface area (Å²) in [5, 5.41) is 4.23. The molecule has 2 aliphatic rings. The average Bonchev–Trinajstić information content (AvgIpc) is 3.25. The number of nitrogens with one attached hydrogen (secondary N) is 1. The Kier molecular flexibility index (Phi) is 10.1. The first-order valence-corrected chi connectivity index (χ1v) is 14.3. The number of fused-ring (bicyclic) bond motifs is 1. The van der Waals surface area contributed by atoms with Gasteiger partial charge in [0.15, 0.2) is 0 Å². The van der Waals surface area contributed by atoms with E-state index in [0.29, 0.717) is 24.3 Å². The zero-order valence-corrected chi connectivity index (χ0v) is 23.5. The molecular weight excluding hydrogens is 539 g/mol. The van der Waals surface area contributed by atoms with Crippen LogP contribution in [0.4, 0.5) is 13.2 Å². The Bertz CT molecular complexity index is 1280. The third kappa shape index (κ3) is 7.94. The van der Waals surface area contributed by atoms with Crippen LogP contribution in [0.2, 0.25) is 0 Å². The van der Waals surface area contributed by atoms with Crippen molar-refractivity contribution in [3.05, 3.63) is 54.2 Å². The number of carbonyl (C=O) groups excluding carboxylic acids is 1. The van der Waals surface area contributed by atoms with Gasteiger partial charge < -0.3 is 20.4 Å². The van der Waals surface area contributed by atoms with Gasteiger partial charge in [-0.15, -0.1) is 25.6 Å². The van der Waals surface area contributed by atoms with E-state index in [2.05, 4.69) is 26.9 Å². The molecule has 0 unspecified atom stereocenters. The number of nitrogens with zero attached hydrogens (tertiary/aromatic N) is 1. The monoisotopic (exact) mass is 577 g/mol. The molecule has 0 spiro atoms. The maximum absolute atomic E-state index is 12.8. The number of hydrogen-bond donors (Lipinski definition) is 2. The Morgan fingerprint density at radius 1 is 0.975 bits per heavy atom. The van der Waals surface area contributed by atoms with Crippen LogP contribution in [-0.2, 0) is 17.8 Å². The van der Waals surface area contributed by atoms with E-state index in [-0.39, 0.29) is 36.1 Å². The molecule has 0 aliphatic heterocycles. The molecule has 5 rings (SSSR count). The second-order valence-corrected chi connectivity index (χ2v) is 11.3. The van der Waals surface area contributed by atoms with Crippen molar-refractivity contribution in [1.29, 1.82) is 0 Å². The summed E-state index contributed by atoms with van der Waals surface area (Å²) in [6.45, 7) is 0.944.